The van der Waals surface area contributed by atoms with E-state index < -0.39 is 24.3 Å². The number of allylic oxidation sites excluding steroid dienone is 4. The quantitative estimate of drug-likeness (QED) is 0.0195. The summed E-state index contributed by atoms with van der Waals surface area (Å²) in [6.07, 6.45) is 54.1. The minimum atomic E-state index is -1.61. The second-order valence-corrected chi connectivity index (χ2v) is 20.2. The molecule has 0 saturated heterocycles. The highest BCUT2D eigenvalue weighted by molar-refractivity contribution is 5.70. The lowest BCUT2D eigenvalue weighted by molar-refractivity contribution is -0.870. The van der Waals surface area contributed by atoms with Gasteiger partial charge in [0.15, 0.2) is 12.4 Å². The third kappa shape index (κ3) is 49.7. The van der Waals surface area contributed by atoms with Gasteiger partial charge in [-0.2, -0.15) is 0 Å². The largest absolute Gasteiger partial charge is 0.545 e. The van der Waals surface area contributed by atoms with E-state index in [4.69, 9.17) is 18.9 Å². The molecular weight excluding hydrogens is 827 g/mol. The van der Waals surface area contributed by atoms with Gasteiger partial charge in [0, 0.05) is 12.8 Å². The maximum atomic E-state index is 12.8. The van der Waals surface area contributed by atoms with Crippen molar-refractivity contribution in [2.75, 3.05) is 47.5 Å². The van der Waals surface area contributed by atoms with Crippen LogP contribution in [0.25, 0.3) is 0 Å². The number of rotatable bonds is 52. The Bertz CT molecular complexity index is 1130. The number of likely N-dealkylation sites (N-methyl/N-ethyl adjacent to an activating group) is 1. The molecule has 2 unspecified atom stereocenters. The zero-order valence-electron chi connectivity index (χ0n) is 44.1. The Morgan fingerprint density at radius 1 is 0.455 bits per heavy atom. The molecule has 0 rings (SSSR count). The van der Waals surface area contributed by atoms with Crippen LogP contribution in [0.15, 0.2) is 24.3 Å². The molecule has 66 heavy (non-hydrogen) atoms. The molecule has 0 amide bonds. The summed E-state index contributed by atoms with van der Waals surface area (Å²) in [6.45, 7) is 4.73. The van der Waals surface area contributed by atoms with Crippen LogP contribution in [0.5, 0.6) is 0 Å². The van der Waals surface area contributed by atoms with Gasteiger partial charge < -0.3 is 33.3 Å². The molecule has 0 heterocycles. The first-order valence-electron chi connectivity index (χ1n) is 28.0. The summed E-state index contributed by atoms with van der Waals surface area (Å²) in [5.74, 6) is -2.27. The number of aliphatic carboxylic acids is 1. The molecule has 0 bridgehead atoms. The highest BCUT2D eigenvalue weighted by Gasteiger charge is 2.22. The maximum absolute atomic E-state index is 12.8. The molecule has 388 valence electrons. The summed E-state index contributed by atoms with van der Waals surface area (Å²) >= 11 is 0. The number of carbonyl (C=O) groups excluding carboxylic acids is 3. The first-order valence-corrected chi connectivity index (χ1v) is 28.0. The van der Waals surface area contributed by atoms with Gasteiger partial charge in [-0.25, -0.2) is 0 Å². The third-order valence-electron chi connectivity index (χ3n) is 12.5. The summed E-state index contributed by atoms with van der Waals surface area (Å²) in [6, 6.07) is 0. The molecule has 0 aliphatic carbocycles. The van der Waals surface area contributed by atoms with Crippen molar-refractivity contribution in [3.63, 3.8) is 0 Å². The van der Waals surface area contributed by atoms with Crippen LogP contribution < -0.4 is 5.11 Å². The van der Waals surface area contributed by atoms with Gasteiger partial charge >= 0.3 is 11.9 Å². The van der Waals surface area contributed by atoms with Gasteiger partial charge in [0.05, 0.1) is 40.3 Å². The van der Waals surface area contributed by atoms with Crippen molar-refractivity contribution in [3.05, 3.63) is 24.3 Å². The van der Waals surface area contributed by atoms with E-state index in [2.05, 4.69) is 38.2 Å². The molecule has 9 heteroatoms. The van der Waals surface area contributed by atoms with Crippen molar-refractivity contribution in [3.8, 4) is 0 Å². The van der Waals surface area contributed by atoms with Crippen LogP contribution in [-0.2, 0) is 33.3 Å². The van der Waals surface area contributed by atoms with Crippen LogP contribution in [0.4, 0.5) is 0 Å². The van der Waals surface area contributed by atoms with Crippen LogP contribution in [0.2, 0.25) is 0 Å². The third-order valence-corrected chi connectivity index (χ3v) is 12.5. The summed E-state index contributed by atoms with van der Waals surface area (Å²) in [5, 5.41) is 11.7. The van der Waals surface area contributed by atoms with E-state index >= 15 is 0 Å². The van der Waals surface area contributed by atoms with Gasteiger partial charge in [-0.15, -0.1) is 0 Å². The smallest absolute Gasteiger partial charge is 0.306 e. The Kier molecular flexibility index (Phi) is 47.5. The number of carbonyl (C=O) groups is 3. The first kappa shape index (κ1) is 63.8. The lowest BCUT2D eigenvalue weighted by atomic mass is 10.0. The molecule has 2 atom stereocenters. The molecule has 0 aromatic rings. The summed E-state index contributed by atoms with van der Waals surface area (Å²) in [7, 11) is 5.92. The normalized spacial score (nSPS) is 12.9. The van der Waals surface area contributed by atoms with Crippen molar-refractivity contribution < 1.29 is 42.9 Å². The molecule has 0 saturated carbocycles. The average Bonchev–Trinajstić information content (AvgIpc) is 3.28. The van der Waals surface area contributed by atoms with E-state index in [1.165, 1.54) is 193 Å². The first-order chi connectivity index (χ1) is 32.1. The number of carboxylic acids is 1. The molecule has 0 N–H and O–H groups in total. The number of esters is 2. The summed E-state index contributed by atoms with van der Waals surface area (Å²) in [4.78, 5) is 37.0. The van der Waals surface area contributed by atoms with Gasteiger partial charge in [-0.05, 0) is 44.9 Å². The van der Waals surface area contributed by atoms with E-state index in [1.807, 2.05) is 21.1 Å². The van der Waals surface area contributed by atoms with Crippen LogP contribution >= 0.6 is 0 Å². The number of carboxylic acid groups (broad SMARTS) is 1. The van der Waals surface area contributed by atoms with Crippen LogP contribution in [0.3, 0.4) is 0 Å². The molecule has 0 radical (unpaired) electrons. The molecule has 0 spiro atoms. The Morgan fingerprint density at radius 3 is 1.20 bits per heavy atom. The molecule has 0 fully saturated rings. The van der Waals surface area contributed by atoms with E-state index in [9.17, 15) is 19.5 Å². The van der Waals surface area contributed by atoms with Crippen molar-refractivity contribution in [2.45, 2.75) is 277 Å². The minimum absolute atomic E-state index is 0.151. The van der Waals surface area contributed by atoms with Crippen molar-refractivity contribution in [1.82, 2.24) is 0 Å². The minimum Gasteiger partial charge on any atom is -0.545 e. The highest BCUT2D eigenvalue weighted by Crippen LogP contribution is 2.17. The second-order valence-electron chi connectivity index (χ2n) is 20.2. The number of ether oxygens (including phenoxy) is 4. The van der Waals surface area contributed by atoms with Gasteiger partial charge in [0.2, 0.25) is 0 Å². The van der Waals surface area contributed by atoms with Gasteiger partial charge in [0.1, 0.15) is 13.2 Å². The van der Waals surface area contributed by atoms with E-state index in [1.54, 1.807) is 0 Å². The SMILES string of the molecule is CCCCCCC/C=C\C/C=C\CCCCCCCCCCCCCCCCCCCCCCCC(=O)OC(COC(=O)CCCCCCCCCC)COC(OCC[N+](C)(C)C)C(=O)[O-]. The molecular formula is C57H107NO8. The van der Waals surface area contributed by atoms with Crippen molar-refractivity contribution in [2.24, 2.45) is 0 Å². The number of nitrogens with zero attached hydrogens (tertiary/aromatic N) is 1. The Balaban J connectivity index is 3.95. The van der Waals surface area contributed by atoms with Crippen molar-refractivity contribution >= 4 is 17.9 Å². The van der Waals surface area contributed by atoms with Crippen LogP contribution in [-0.4, -0.2) is 82.3 Å². The van der Waals surface area contributed by atoms with Gasteiger partial charge in [0.25, 0.3) is 0 Å². The molecule has 9 nitrogen and oxygen atoms in total. The van der Waals surface area contributed by atoms with E-state index in [0.29, 0.717) is 17.4 Å². The second kappa shape index (κ2) is 49.2. The summed E-state index contributed by atoms with van der Waals surface area (Å²) in [5.41, 5.74) is 0. The average molecular weight is 934 g/mol. The predicted molar refractivity (Wildman–Crippen MR) is 274 cm³/mol. The Labute approximate surface area is 407 Å². The van der Waals surface area contributed by atoms with Gasteiger partial charge in [-0.3, -0.25) is 9.59 Å². The highest BCUT2D eigenvalue weighted by atomic mass is 16.7. The fourth-order valence-corrected chi connectivity index (χ4v) is 8.10. The standard InChI is InChI=1S/C57H107NO8/c1-6-8-10-12-14-16-17-18-19-20-21-22-23-24-25-26-27-28-29-30-31-32-33-34-35-36-37-38-39-40-42-44-46-48-55(60)66-53(52-65-57(56(61)62)63-50-49-58(3,4)5)51-64-54(59)47-45-43-41-15-13-11-9-7-2/h17-18,20-21,53,57H,6-16,19,22-52H2,1-5H3/b18-17-,21-20-. The maximum Gasteiger partial charge on any atom is 0.306 e. The number of quaternary nitrogens is 1. The zero-order valence-corrected chi connectivity index (χ0v) is 44.1. The number of unbranched alkanes of at least 4 members (excludes halogenated alkanes) is 33. The Morgan fingerprint density at radius 2 is 0.818 bits per heavy atom. The molecule has 0 aromatic heterocycles. The number of hydrogen-bond acceptors (Lipinski definition) is 8. The predicted octanol–water partition coefficient (Wildman–Crippen LogP) is 14.6. The molecule has 0 aliphatic heterocycles. The lowest BCUT2D eigenvalue weighted by Gasteiger charge is -2.26. The topological polar surface area (TPSA) is 111 Å². The molecule has 0 aliphatic rings. The fraction of sp³-hybridized carbons (Fsp3) is 0.877. The van der Waals surface area contributed by atoms with Crippen LogP contribution in [0, 0.1) is 0 Å². The van der Waals surface area contributed by atoms with Crippen LogP contribution in [0.1, 0.15) is 264 Å². The molecule has 0 aromatic carbocycles. The zero-order chi connectivity index (χ0) is 48.4. The summed E-state index contributed by atoms with van der Waals surface area (Å²) < 4.78 is 22.6. The number of hydrogen-bond donors (Lipinski definition) is 0. The lowest BCUT2D eigenvalue weighted by Crippen LogP contribution is -2.44. The van der Waals surface area contributed by atoms with Crippen molar-refractivity contribution in [1.29, 1.82) is 0 Å². The van der Waals surface area contributed by atoms with E-state index in [-0.39, 0.29) is 32.2 Å². The Hall–Kier alpha value is -2.23. The monoisotopic (exact) mass is 934 g/mol. The fourth-order valence-electron chi connectivity index (χ4n) is 8.10. The van der Waals surface area contributed by atoms with Gasteiger partial charge in [-0.1, -0.05) is 231 Å². The van der Waals surface area contributed by atoms with E-state index in [0.717, 1.165) is 44.9 Å².